The summed E-state index contributed by atoms with van der Waals surface area (Å²) in [4.78, 5) is 16.5. The van der Waals surface area contributed by atoms with Crippen LogP contribution in [-0.2, 0) is 0 Å². The van der Waals surface area contributed by atoms with Crippen LogP contribution in [0.25, 0.3) is 0 Å². The molecule has 0 radical (unpaired) electrons. The van der Waals surface area contributed by atoms with Gasteiger partial charge in [-0.15, -0.1) is 0 Å². The first-order valence-electron chi connectivity index (χ1n) is 7.76. The second-order valence-corrected chi connectivity index (χ2v) is 5.42. The second kappa shape index (κ2) is 7.42. The number of nitrogens with zero attached hydrogens (tertiary/aromatic N) is 1. The minimum absolute atomic E-state index is 0.120. The summed E-state index contributed by atoms with van der Waals surface area (Å²) in [6, 6.07) is 20.3. The van der Waals surface area contributed by atoms with E-state index in [1.54, 1.807) is 24.5 Å². The lowest BCUT2D eigenvalue weighted by Crippen LogP contribution is -2.26. The number of carbonyl (C=O) groups is 1. The van der Waals surface area contributed by atoms with Crippen LogP contribution in [0, 0.1) is 0 Å². The number of nitrogens with one attached hydrogen (secondary N) is 1. The molecule has 0 saturated heterocycles. The quantitative estimate of drug-likeness (QED) is 0.760. The fourth-order valence-corrected chi connectivity index (χ4v) is 2.32. The number of benzene rings is 2. The Labute approximate surface area is 141 Å². The van der Waals surface area contributed by atoms with Crippen LogP contribution in [0.1, 0.15) is 28.9 Å². The van der Waals surface area contributed by atoms with Gasteiger partial charge >= 0.3 is 0 Å². The molecule has 0 saturated carbocycles. The van der Waals surface area contributed by atoms with E-state index < -0.39 is 0 Å². The summed E-state index contributed by atoms with van der Waals surface area (Å²) < 4.78 is 5.77. The van der Waals surface area contributed by atoms with Crippen LogP contribution in [0.3, 0.4) is 0 Å². The van der Waals surface area contributed by atoms with Crippen LogP contribution in [0.15, 0.2) is 79.1 Å². The number of hydrogen-bond donors (Lipinski definition) is 1. The molecule has 4 heteroatoms. The normalized spacial score (nSPS) is 11.5. The molecule has 0 aliphatic rings. The van der Waals surface area contributed by atoms with E-state index in [1.165, 1.54) is 0 Å². The zero-order valence-electron chi connectivity index (χ0n) is 13.3. The largest absolute Gasteiger partial charge is 0.457 e. The average Bonchev–Trinajstić information content (AvgIpc) is 2.63. The third-order valence-electron chi connectivity index (χ3n) is 3.61. The molecule has 1 amide bonds. The average molecular weight is 318 g/mol. The molecule has 1 heterocycles. The van der Waals surface area contributed by atoms with Crippen molar-refractivity contribution in [3.63, 3.8) is 0 Å². The molecule has 0 fully saturated rings. The Morgan fingerprint density at radius 2 is 1.79 bits per heavy atom. The van der Waals surface area contributed by atoms with E-state index in [9.17, 15) is 4.79 Å². The Bertz CT molecular complexity index is 804. The Hall–Kier alpha value is -3.14. The molecule has 1 N–H and O–H groups in total. The summed E-state index contributed by atoms with van der Waals surface area (Å²) in [6.45, 7) is 1.93. The molecule has 120 valence electrons. The molecular weight excluding hydrogens is 300 g/mol. The molecule has 1 atom stereocenters. The van der Waals surface area contributed by atoms with Crippen molar-refractivity contribution >= 4 is 5.91 Å². The van der Waals surface area contributed by atoms with Crippen molar-refractivity contribution in [2.45, 2.75) is 13.0 Å². The lowest BCUT2D eigenvalue weighted by molar-refractivity contribution is 0.0939. The van der Waals surface area contributed by atoms with Crippen molar-refractivity contribution < 1.29 is 9.53 Å². The molecule has 3 aromatic rings. The van der Waals surface area contributed by atoms with Gasteiger partial charge in [0, 0.05) is 18.0 Å². The first kappa shape index (κ1) is 15.7. The third kappa shape index (κ3) is 3.98. The molecular formula is C20H18N2O2. The number of ether oxygens (including phenoxy) is 1. The van der Waals surface area contributed by atoms with Crippen LogP contribution in [0.5, 0.6) is 11.5 Å². The Kier molecular flexibility index (Phi) is 4.87. The predicted molar refractivity (Wildman–Crippen MR) is 93.1 cm³/mol. The summed E-state index contributed by atoms with van der Waals surface area (Å²) in [5.74, 6) is 1.21. The van der Waals surface area contributed by atoms with Crippen molar-refractivity contribution in [2.75, 3.05) is 0 Å². The summed E-state index contributed by atoms with van der Waals surface area (Å²) in [6.07, 6.45) is 3.46. The van der Waals surface area contributed by atoms with E-state index in [-0.39, 0.29) is 11.9 Å². The van der Waals surface area contributed by atoms with E-state index >= 15 is 0 Å². The van der Waals surface area contributed by atoms with E-state index in [0.29, 0.717) is 11.3 Å². The fourth-order valence-electron chi connectivity index (χ4n) is 2.32. The van der Waals surface area contributed by atoms with Gasteiger partial charge in [-0.05, 0) is 48.9 Å². The second-order valence-electron chi connectivity index (χ2n) is 5.42. The molecule has 0 aliphatic heterocycles. The van der Waals surface area contributed by atoms with Crippen molar-refractivity contribution in [1.29, 1.82) is 0 Å². The number of pyridine rings is 1. The predicted octanol–water partition coefficient (Wildman–Crippen LogP) is 4.36. The highest BCUT2D eigenvalue weighted by atomic mass is 16.5. The maximum absolute atomic E-state index is 12.4. The van der Waals surface area contributed by atoms with Gasteiger partial charge in [-0.3, -0.25) is 9.78 Å². The van der Waals surface area contributed by atoms with Gasteiger partial charge in [0.05, 0.1) is 6.04 Å². The smallest absolute Gasteiger partial charge is 0.251 e. The first-order chi connectivity index (χ1) is 11.7. The van der Waals surface area contributed by atoms with Crippen LogP contribution in [0.2, 0.25) is 0 Å². The highest BCUT2D eigenvalue weighted by Crippen LogP contribution is 2.22. The summed E-state index contributed by atoms with van der Waals surface area (Å²) in [5, 5.41) is 2.97. The van der Waals surface area contributed by atoms with Crippen LogP contribution < -0.4 is 10.1 Å². The molecule has 4 nitrogen and oxygen atoms in total. The van der Waals surface area contributed by atoms with Crippen LogP contribution in [0.4, 0.5) is 0 Å². The number of aromatic nitrogens is 1. The van der Waals surface area contributed by atoms with Gasteiger partial charge in [0.2, 0.25) is 0 Å². The van der Waals surface area contributed by atoms with Gasteiger partial charge in [-0.1, -0.05) is 30.3 Å². The van der Waals surface area contributed by atoms with Gasteiger partial charge in [-0.2, -0.15) is 0 Å². The van der Waals surface area contributed by atoms with Gasteiger partial charge in [0.1, 0.15) is 11.5 Å². The maximum Gasteiger partial charge on any atom is 0.251 e. The highest BCUT2D eigenvalue weighted by molar-refractivity contribution is 5.94. The molecule has 1 aromatic heterocycles. The number of hydrogen-bond acceptors (Lipinski definition) is 3. The zero-order chi connectivity index (χ0) is 16.8. The zero-order valence-corrected chi connectivity index (χ0v) is 13.3. The van der Waals surface area contributed by atoms with E-state index in [2.05, 4.69) is 10.3 Å². The van der Waals surface area contributed by atoms with E-state index in [4.69, 9.17) is 4.74 Å². The summed E-state index contributed by atoms with van der Waals surface area (Å²) in [7, 11) is 0. The Morgan fingerprint density at radius 1 is 1.00 bits per heavy atom. The van der Waals surface area contributed by atoms with Gasteiger partial charge < -0.3 is 10.1 Å². The minimum atomic E-state index is -0.148. The Morgan fingerprint density at radius 3 is 2.54 bits per heavy atom. The maximum atomic E-state index is 12.4. The summed E-state index contributed by atoms with van der Waals surface area (Å²) >= 11 is 0. The van der Waals surface area contributed by atoms with Gasteiger partial charge in [0.15, 0.2) is 0 Å². The van der Waals surface area contributed by atoms with Gasteiger partial charge in [-0.25, -0.2) is 0 Å². The molecule has 0 bridgehead atoms. The van der Waals surface area contributed by atoms with Crippen molar-refractivity contribution in [3.05, 3.63) is 90.3 Å². The number of para-hydroxylation sites is 1. The molecule has 0 spiro atoms. The first-order valence-corrected chi connectivity index (χ1v) is 7.76. The molecule has 2 aromatic carbocycles. The SMILES string of the molecule is C[C@H](NC(=O)c1cccc(Oc2ccccc2)c1)c1cccnc1. The number of rotatable bonds is 5. The lowest BCUT2D eigenvalue weighted by Gasteiger charge is -2.14. The molecule has 0 unspecified atom stereocenters. The lowest BCUT2D eigenvalue weighted by atomic mass is 10.1. The van der Waals surface area contributed by atoms with Crippen molar-refractivity contribution in [2.24, 2.45) is 0 Å². The Balaban J connectivity index is 1.70. The summed E-state index contributed by atoms with van der Waals surface area (Å²) in [5.41, 5.74) is 1.52. The third-order valence-corrected chi connectivity index (χ3v) is 3.61. The van der Waals surface area contributed by atoms with E-state index in [1.807, 2.05) is 61.5 Å². The molecule has 24 heavy (non-hydrogen) atoms. The van der Waals surface area contributed by atoms with E-state index in [0.717, 1.165) is 11.3 Å². The molecule has 0 aliphatic carbocycles. The number of amides is 1. The minimum Gasteiger partial charge on any atom is -0.457 e. The van der Waals surface area contributed by atoms with Crippen molar-refractivity contribution in [3.8, 4) is 11.5 Å². The highest BCUT2D eigenvalue weighted by Gasteiger charge is 2.12. The van der Waals surface area contributed by atoms with Crippen LogP contribution in [-0.4, -0.2) is 10.9 Å². The van der Waals surface area contributed by atoms with Crippen molar-refractivity contribution in [1.82, 2.24) is 10.3 Å². The number of carbonyl (C=O) groups excluding carboxylic acids is 1. The topological polar surface area (TPSA) is 51.2 Å². The monoisotopic (exact) mass is 318 g/mol. The molecule has 3 rings (SSSR count). The standard InChI is InChI=1S/C20H18N2O2/c1-15(17-8-6-12-21-14-17)22-20(23)16-7-5-11-19(13-16)24-18-9-3-2-4-10-18/h2-15H,1H3,(H,22,23)/t15-/m0/s1. The fraction of sp³-hybridized carbons (Fsp3) is 0.100. The van der Waals surface area contributed by atoms with Crippen LogP contribution >= 0.6 is 0 Å². The van der Waals surface area contributed by atoms with Gasteiger partial charge in [0.25, 0.3) is 5.91 Å².